The number of hydrogen-bond acceptors (Lipinski definition) is 4. The molecule has 0 radical (unpaired) electrons. The third kappa shape index (κ3) is 3.08. The molecular formula is C12H14ClN5O. The average molecular weight is 280 g/mol. The third-order valence-electron chi connectivity index (χ3n) is 2.69. The molecule has 0 fully saturated rings. The minimum atomic E-state index is -0.213. The third-order valence-corrected chi connectivity index (χ3v) is 2.86. The number of carbonyl (C=O) groups excluding carboxylic acids is 1. The lowest BCUT2D eigenvalue weighted by Crippen LogP contribution is -2.28. The van der Waals surface area contributed by atoms with Crippen LogP contribution in [0.4, 0.5) is 0 Å². The van der Waals surface area contributed by atoms with Crippen molar-refractivity contribution in [1.29, 1.82) is 0 Å². The molecule has 100 valence electrons. The van der Waals surface area contributed by atoms with Crippen molar-refractivity contribution in [2.24, 2.45) is 7.05 Å². The van der Waals surface area contributed by atoms with Crippen LogP contribution in [-0.4, -0.2) is 37.4 Å². The number of nitrogens with zero attached hydrogens (tertiary/aromatic N) is 5. The molecule has 0 aliphatic heterocycles. The molecule has 2 heterocycles. The first-order valence-corrected chi connectivity index (χ1v) is 6.08. The van der Waals surface area contributed by atoms with Crippen LogP contribution in [0.1, 0.15) is 22.0 Å². The van der Waals surface area contributed by atoms with Gasteiger partial charge in [-0.2, -0.15) is 0 Å². The van der Waals surface area contributed by atoms with Crippen molar-refractivity contribution < 1.29 is 4.79 Å². The highest BCUT2D eigenvalue weighted by molar-refractivity contribution is 6.28. The first-order valence-electron chi connectivity index (χ1n) is 5.70. The summed E-state index contributed by atoms with van der Waals surface area (Å²) < 4.78 is 1.86. The Balaban J connectivity index is 2.17. The van der Waals surface area contributed by atoms with Gasteiger partial charge in [0.1, 0.15) is 11.5 Å². The largest absolute Gasteiger partial charge is 0.337 e. The molecular weight excluding hydrogens is 266 g/mol. The summed E-state index contributed by atoms with van der Waals surface area (Å²) in [4.78, 5) is 25.8. The molecule has 0 atom stereocenters. The molecule has 2 aromatic rings. The highest BCUT2D eigenvalue weighted by atomic mass is 35.5. The summed E-state index contributed by atoms with van der Waals surface area (Å²) in [7, 11) is 3.58. The van der Waals surface area contributed by atoms with E-state index < -0.39 is 0 Å². The van der Waals surface area contributed by atoms with Crippen molar-refractivity contribution in [1.82, 2.24) is 24.4 Å². The van der Waals surface area contributed by atoms with E-state index in [1.807, 2.05) is 17.8 Å². The van der Waals surface area contributed by atoms with Gasteiger partial charge in [0.2, 0.25) is 5.28 Å². The molecule has 1 amide bonds. The van der Waals surface area contributed by atoms with Gasteiger partial charge in [-0.1, -0.05) is 0 Å². The molecule has 0 saturated heterocycles. The second kappa shape index (κ2) is 5.36. The van der Waals surface area contributed by atoms with E-state index in [0.717, 1.165) is 5.82 Å². The summed E-state index contributed by atoms with van der Waals surface area (Å²) >= 11 is 5.76. The number of hydrogen-bond donors (Lipinski definition) is 0. The number of rotatable bonds is 3. The zero-order valence-electron chi connectivity index (χ0n) is 11.0. The molecule has 19 heavy (non-hydrogen) atoms. The zero-order chi connectivity index (χ0) is 14.0. The fourth-order valence-electron chi connectivity index (χ4n) is 1.67. The van der Waals surface area contributed by atoms with Crippen LogP contribution in [0.3, 0.4) is 0 Å². The van der Waals surface area contributed by atoms with Crippen LogP contribution in [0, 0.1) is 6.92 Å². The molecule has 2 aromatic heterocycles. The summed E-state index contributed by atoms with van der Waals surface area (Å²) in [6, 6.07) is 1.61. The topological polar surface area (TPSA) is 63.9 Å². The molecule has 6 nitrogen and oxygen atoms in total. The molecule has 7 heteroatoms. The van der Waals surface area contributed by atoms with Crippen LogP contribution < -0.4 is 0 Å². The van der Waals surface area contributed by atoms with E-state index in [1.54, 1.807) is 31.1 Å². The Kier molecular flexibility index (Phi) is 3.80. The van der Waals surface area contributed by atoms with Gasteiger partial charge in [0.15, 0.2) is 0 Å². The fourth-order valence-corrected chi connectivity index (χ4v) is 1.89. The quantitative estimate of drug-likeness (QED) is 0.798. The van der Waals surface area contributed by atoms with E-state index in [1.165, 1.54) is 0 Å². The van der Waals surface area contributed by atoms with E-state index in [-0.39, 0.29) is 16.9 Å². The van der Waals surface area contributed by atoms with Crippen molar-refractivity contribution in [3.63, 3.8) is 0 Å². The Morgan fingerprint density at radius 3 is 2.79 bits per heavy atom. The lowest BCUT2D eigenvalue weighted by molar-refractivity contribution is 0.0774. The van der Waals surface area contributed by atoms with E-state index in [0.29, 0.717) is 12.2 Å². The highest BCUT2D eigenvalue weighted by Crippen LogP contribution is 2.09. The minimum absolute atomic E-state index is 0.0775. The molecule has 0 N–H and O–H groups in total. The molecule has 0 saturated carbocycles. The van der Waals surface area contributed by atoms with Crippen LogP contribution in [0.2, 0.25) is 5.28 Å². The summed E-state index contributed by atoms with van der Waals surface area (Å²) in [5.41, 5.74) is 0.947. The van der Waals surface area contributed by atoms with Crippen LogP contribution in [0.15, 0.2) is 18.5 Å². The monoisotopic (exact) mass is 279 g/mol. The van der Waals surface area contributed by atoms with Gasteiger partial charge < -0.3 is 9.47 Å². The Bertz CT molecular complexity index is 590. The van der Waals surface area contributed by atoms with Crippen molar-refractivity contribution >= 4 is 17.5 Å². The minimum Gasteiger partial charge on any atom is -0.337 e. The molecule has 0 spiro atoms. The Hall–Kier alpha value is -1.95. The number of carbonyl (C=O) groups is 1. The highest BCUT2D eigenvalue weighted by Gasteiger charge is 2.16. The van der Waals surface area contributed by atoms with Gasteiger partial charge >= 0.3 is 0 Å². The predicted molar refractivity (Wildman–Crippen MR) is 70.8 cm³/mol. The van der Waals surface area contributed by atoms with Crippen molar-refractivity contribution in [3.8, 4) is 0 Å². The molecule has 0 aromatic carbocycles. The number of halogens is 1. The number of imidazole rings is 1. The second-order valence-corrected chi connectivity index (χ2v) is 4.62. The van der Waals surface area contributed by atoms with Gasteiger partial charge in [-0.05, 0) is 24.6 Å². The molecule has 2 rings (SSSR count). The van der Waals surface area contributed by atoms with Gasteiger partial charge in [0, 0.05) is 32.2 Å². The maximum atomic E-state index is 12.2. The average Bonchev–Trinajstić information content (AvgIpc) is 2.72. The van der Waals surface area contributed by atoms with Gasteiger partial charge in [-0.25, -0.2) is 15.0 Å². The van der Waals surface area contributed by atoms with E-state index in [9.17, 15) is 4.79 Å². The van der Waals surface area contributed by atoms with Crippen molar-refractivity contribution in [2.75, 3.05) is 7.05 Å². The van der Waals surface area contributed by atoms with Gasteiger partial charge in [0.05, 0.1) is 6.54 Å². The summed E-state index contributed by atoms with van der Waals surface area (Å²) in [5.74, 6) is 0.586. The zero-order valence-corrected chi connectivity index (χ0v) is 11.7. The smallest absolute Gasteiger partial charge is 0.272 e. The van der Waals surface area contributed by atoms with E-state index in [2.05, 4.69) is 15.0 Å². The Labute approximate surface area is 116 Å². The molecule has 0 bridgehead atoms. The first-order chi connectivity index (χ1) is 8.97. The van der Waals surface area contributed by atoms with Gasteiger partial charge in [-0.15, -0.1) is 0 Å². The fraction of sp³-hybridized carbons (Fsp3) is 0.333. The lowest BCUT2D eigenvalue weighted by Gasteiger charge is -2.16. The lowest BCUT2D eigenvalue weighted by atomic mass is 10.3. The molecule has 0 aliphatic rings. The van der Waals surface area contributed by atoms with Gasteiger partial charge in [0.25, 0.3) is 5.91 Å². The summed E-state index contributed by atoms with van der Waals surface area (Å²) in [6.45, 7) is 2.17. The van der Waals surface area contributed by atoms with Crippen LogP contribution in [0.25, 0.3) is 0 Å². The van der Waals surface area contributed by atoms with E-state index >= 15 is 0 Å². The Morgan fingerprint density at radius 1 is 1.47 bits per heavy atom. The van der Waals surface area contributed by atoms with Gasteiger partial charge in [-0.3, -0.25) is 4.79 Å². The number of amides is 1. The summed E-state index contributed by atoms with van der Waals surface area (Å²) in [5, 5.41) is 0.0775. The number of aromatic nitrogens is 4. The van der Waals surface area contributed by atoms with Crippen LogP contribution in [0.5, 0.6) is 0 Å². The SMILES string of the molecule is Cc1cc(C(=O)N(C)Cc2nccn2C)nc(Cl)n1. The van der Waals surface area contributed by atoms with Crippen LogP contribution >= 0.6 is 11.6 Å². The standard InChI is InChI=1S/C12H14ClN5O/c1-8-6-9(16-12(13)15-8)11(19)18(3)7-10-14-4-5-17(10)2/h4-6H,7H2,1-3H3. The predicted octanol–water partition coefficient (Wildman–Crippen LogP) is 1.44. The van der Waals surface area contributed by atoms with E-state index in [4.69, 9.17) is 11.6 Å². The first kappa shape index (κ1) is 13.5. The maximum absolute atomic E-state index is 12.2. The summed E-state index contributed by atoms with van der Waals surface area (Å²) in [6.07, 6.45) is 3.53. The Morgan fingerprint density at radius 2 is 2.21 bits per heavy atom. The normalized spacial score (nSPS) is 10.5. The van der Waals surface area contributed by atoms with Crippen LogP contribution in [-0.2, 0) is 13.6 Å². The van der Waals surface area contributed by atoms with Crippen molar-refractivity contribution in [2.45, 2.75) is 13.5 Å². The molecule has 0 aliphatic carbocycles. The molecule has 0 unspecified atom stereocenters. The second-order valence-electron chi connectivity index (χ2n) is 4.28. The van der Waals surface area contributed by atoms with Crippen molar-refractivity contribution in [3.05, 3.63) is 41.0 Å². The number of aryl methyl sites for hydroxylation is 2. The maximum Gasteiger partial charge on any atom is 0.272 e.